The van der Waals surface area contributed by atoms with Crippen molar-refractivity contribution in [2.45, 2.75) is 39.3 Å². The highest BCUT2D eigenvalue weighted by Crippen LogP contribution is 2.15. The molecular formula is C19H26N4O3S. The third kappa shape index (κ3) is 4.95. The molecule has 1 aliphatic heterocycles. The largest absolute Gasteiger partial charge is 0.348 e. The molecular weight excluding hydrogens is 364 g/mol. The molecule has 1 aromatic carbocycles. The third-order valence-corrected chi connectivity index (χ3v) is 6.08. The first-order chi connectivity index (χ1) is 12.7. The number of amides is 1. The summed E-state index contributed by atoms with van der Waals surface area (Å²) >= 11 is 0. The Labute approximate surface area is 160 Å². The molecule has 1 amide bonds. The summed E-state index contributed by atoms with van der Waals surface area (Å²) in [6, 6.07) is 9.33. The highest BCUT2D eigenvalue weighted by molar-refractivity contribution is 7.88. The van der Waals surface area contributed by atoms with Crippen LogP contribution in [0.25, 0.3) is 0 Å². The summed E-state index contributed by atoms with van der Waals surface area (Å²) in [5.41, 5.74) is 3.61. The van der Waals surface area contributed by atoms with Gasteiger partial charge in [-0.25, -0.2) is 12.7 Å². The van der Waals surface area contributed by atoms with E-state index in [0.29, 0.717) is 25.2 Å². The smallest absolute Gasteiger partial charge is 0.251 e. The standard InChI is InChI=1S/C19H26N4O3S/c1-14-10-15(2)23(21-14)12-16-6-4-7-17(11-16)19(24)20-18-8-5-9-22(13-18)27(3,25)26/h4,6-7,10-11,18H,5,8-9,12-13H2,1-3H3,(H,20,24). The molecule has 1 aromatic heterocycles. The zero-order chi connectivity index (χ0) is 19.6. The van der Waals surface area contributed by atoms with E-state index in [4.69, 9.17) is 0 Å². The third-order valence-electron chi connectivity index (χ3n) is 4.81. The number of sulfonamides is 1. The Balaban J connectivity index is 1.67. The number of benzene rings is 1. The number of nitrogens with one attached hydrogen (secondary N) is 1. The summed E-state index contributed by atoms with van der Waals surface area (Å²) in [6.45, 7) is 5.41. The Kier molecular flexibility index (Phi) is 5.67. The molecule has 8 heteroatoms. The van der Waals surface area contributed by atoms with E-state index in [2.05, 4.69) is 10.4 Å². The van der Waals surface area contributed by atoms with Gasteiger partial charge >= 0.3 is 0 Å². The molecule has 0 spiro atoms. The van der Waals surface area contributed by atoms with Gasteiger partial charge in [-0.3, -0.25) is 9.48 Å². The minimum atomic E-state index is -3.23. The van der Waals surface area contributed by atoms with E-state index in [9.17, 15) is 13.2 Å². The molecule has 1 aliphatic rings. The van der Waals surface area contributed by atoms with E-state index >= 15 is 0 Å². The lowest BCUT2D eigenvalue weighted by Gasteiger charge is -2.31. The van der Waals surface area contributed by atoms with Crippen LogP contribution in [0.3, 0.4) is 0 Å². The van der Waals surface area contributed by atoms with Gasteiger partial charge in [0.2, 0.25) is 10.0 Å². The lowest BCUT2D eigenvalue weighted by Crippen LogP contribution is -2.49. The number of carbonyl (C=O) groups excluding carboxylic acids is 1. The Morgan fingerprint density at radius 2 is 2.07 bits per heavy atom. The maximum atomic E-state index is 12.6. The summed E-state index contributed by atoms with van der Waals surface area (Å²) in [5.74, 6) is -0.175. The predicted octanol–water partition coefficient (Wildman–Crippen LogP) is 1.70. The van der Waals surface area contributed by atoms with Gasteiger partial charge in [0.1, 0.15) is 0 Å². The van der Waals surface area contributed by atoms with Gasteiger partial charge in [-0.2, -0.15) is 5.10 Å². The van der Waals surface area contributed by atoms with Crippen molar-refractivity contribution >= 4 is 15.9 Å². The Morgan fingerprint density at radius 3 is 2.74 bits per heavy atom. The number of carbonyl (C=O) groups is 1. The van der Waals surface area contributed by atoms with E-state index in [-0.39, 0.29) is 11.9 Å². The second kappa shape index (κ2) is 7.82. The zero-order valence-corrected chi connectivity index (χ0v) is 16.8. The molecule has 1 N–H and O–H groups in total. The fourth-order valence-corrected chi connectivity index (χ4v) is 4.36. The molecule has 0 bridgehead atoms. The fourth-order valence-electron chi connectivity index (χ4n) is 3.45. The van der Waals surface area contributed by atoms with E-state index in [1.165, 1.54) is 10.6 Å². The van der Waals surface area contributed by atoms with Gasteiger partial charge in [0.05, 0.1) is 18.5 Å². The average molecular weight is 391 g/mol. The molecule has 2 heterocycles. The molecule has 1 fully saturated rings. The first kappa shape index (κ1) is 19.6. The Bertz CT molecular complexity index is 936. The number of rotatable bonds is 5. The van der Waals surface area contributed by atoms with E-state index in [1.807, 2.05) is 42.8 Å². The molecule has 7 nitrogen and oxygen atoms in total. The number of hydrogen-bond donors (Lipinski definition) is 1. The SMILES string of the molecule is Cc1cc(C)n(Cc2cccc(C(=O)NC3CCCN(S(C)(=O)=O)C3)c2)n1. The number of hydrogen-bond acceptors (Lipinski definition) is 4. The van der Waals surface area contributed by atoms with Crippen molar-refractivity contribution < 1.29 is 13.2 Å². The zero-order valence-electron chi connectivity index (χ0n) is 16.0. The molecule has 1 atom stereocenters. The normalized spacial score (nSPS) is 18.4. The average Bonchev–Trinajstić information content (AvgIpc) is 2.92. The van der Waals surface area contributed by atoms with Crippen molar-refractivity contribution in [1.82, 2.24) is 19.4 Å². The molecule has 27 heavy (non-hydrogen) atoms. The van der Waals surface area contributed by atoms with Crippen LogP contribution >= 0.6 is 0 Å². The summed E-state index contributed by atoms with van der Waals surface area (Å²) in [5, 5.41) is 7.43. The quantitative estimate of drug-likeness (QED) is 0.842. The summed E-state index contributed by atoms with van der Waals surface area (Å²) in [4.78, 5) is 12.6. The summed E-state index contributed by atoms with van der Waals surface area (Å²) in [7, 11) is -3.23. The van der Waals surface area contributed by atoms with Crippen LogP contribution in [0.15, 0.2) is 30.3 Å². The first-order valence-corrected chi connectivity index (χ1v) is 10.9. The molecule has 0 aliphatic carbocycles. The van der Waals surface area contributed by atoms with Gasteiger partial charge in [-0.1, -0.05) is 12.1 Å². The van der Waals surface area contributed by atoms with Crippen molar-refractivity contribution in [3.8, 4) is 0 Å². The topological polar surface area (TPSA) is 84.3 Å². The number of nitrogens with zero attached hydrogens (tertiary/aromatic N) is 3. The van der Waals surface area contributed by atoms with Gasteiger partial charge < -0.3 is 5.32 Å². The van der Waals surface area contributed by atoms with E-state index in [1.54, 1.807) is 6.07 Å². The maximum absolute atomic E-state index is 12.6. The fraction of sp³-hybridized carbons (Fsp3) is 0.474. The molecule has 1 saturated heterocycles. The van der Waals surface area contributed by atoms with Gasteiger partial charge in [0.15, 0.2) is 0 Å². The van der Waals surface area contributed by atoms with Gasteiger partial charge in [0.25, 0.3) is 5.91 Å². The minimum Gasteiger partial charge on any atom is -0.348 e. The summed E-state index contributed by atoms with van der Waals surface area (Å²) in [6.07, 6.45) is 2.73. The minimum absolute atomic E-state index is 0.166. The van der Waals surface area contributed by atoms with Crippen LogP contribution in [-0.4, -0.2) is 53.8 Å². The van der Waals surface area contributed by atoms with Crippen molar-refractivity contribution in [3.63, 3.8) is 0 Å². The number of aromatic nitrogens is 2. The Hall–Kier alpha value is -2.19. The highest BCUT2D eigenvalue weighted by Gasteiger charge is 2.27. The van der Waals surface area contributed by atoms with Crippen LogP contribution in [0.2, 0.25) is 0 Å². The second-order valence-electron chi connectivity index (χ2n) is 7.22. The van der Waals surface area contributed by atoms with Crippen LogP contribution in [0.5, 0.6) is 0 Å². The lowest BCUT2D eigenvalue weighted by molar-refractivity contribution is 0.0921. The van der Waals surface area contributed by atoms with Crippen molar-refractivity contribution in [3.05, 3.63) is 52.8 Å². The van der Waals surface area contributed by atoms with Crippen molar-refractivity contribution in [2.24, 2.45) is 0 Å². The van der Waals surface area contributed by atoms with Crippen LogP contribution in [0.4, 0.5) is 0 Å². The van der Waals surface area contributed by atoms with E-state index in [0.717, 1.165) is 29.8 Å². The van der Waals surface area contributed by atoms with Crippen LogP contribution < -0.4 is 5.32 Å². The summed E-state index contributed by atoms with van der Waals surface area (Å²) < 4.78 is 26.8. The molecule has 2 aromatic rings. The molecule has 3 rings (SSSR count). The monoisotopic (exact) mass is 390 g/mol. The van der Waals surface area contributed by atoms with Crippen LogP contribution in [0.1, 0.15) is 40.2 Å². The predicted molar refractivity (Wildman–Crippen MR) is 104 cm³/mol. The van der Waals surface area contributed by atoms with Gasteiger partial charge in [-0.05, 0) is 50.5 Å². The second-order valence-corrected chi connectivity index (χ2v) is 9.20. The van der Waals surface area contributed by atoms with Crippen molar-refractivity contribution in [2.75, 3.05) is 19.3 Å². The number of aryl methyl sites for hydroxylation is 2. The van der Waals surface area contributed by atoms with Crippen LogP contribution in [-0.2, 0) is 16.6 Å². The van der Waals surface area contributed by atoms with Crippen LogP contribution in [0, 0.1) is 13.8 Å². The molecule has 0 radical (unpaired) electrons. The van der Waals surface area contributed by atoms with E-state index < -0.39 is 10.0 Å². The Morgan fingerprint density at radius 1 is 1.30 bits per heavy atom. The maximum Gasteiger partial charge on any atom is 0.251 e. The first-order valence-electron chi connectivity index (χ1n) is 9.08. The van der Waals surface area contributed by atoms with Gasteiger partial charge in [0, 0.05) is 30.4 Å². The van der Waals surface area contributed by atoms with Gasteiger partial charge in [-0.15, -0.1) is 0 Å². The number of piperidine rings is 1. The lowest BCUT2D eigenvalue weighted by atomic mass is 10.1. The van der Waals surface area contributed by atoms with Crippen molar-refractivity contribution in [1.29, 1.82) is 0 Å². The molecule has 1 unspecified atom stereocenters. The molecule has 0 saturated carbocycles. The highest BCUT2D eigenvalue weighted by atomic mass is 32.2. The molecule has 146 valence electrons.